The summed E-state index contributed by atoms with van der Waals surface area (Å²) in [4.78, 5) is 0. The van der Waals surface area contributed by atoms with Gasteiger partial charge in [0.25, 0.3) is 0 Å². The van der Waals surface area contributed by atoms with Crippen LogP contribution in [0.25, 0.3) is 0 Å². The maximum absolute atomic E-state index is 10.0. The van der Waals surface area contributed by atoms with Crippen LogP contribution in [-0.4, -0.2) is 38.3 Å². The Labute approximate surface area is 95.7 Å². The van der Waals surface area contributed by atoms with Gasteiger partial charge in [0.2, 0.25) is 8.32 Å². The van der Waals surface area contributed by atoms with E-state index >= 15 is 0 Å². The molecule has 2 atom stereocenters. The van der Waals surface area contributed by atoms with Crippen molar-refractivity contribution in [1.29, 1.82) is 0 Å². The normalized spacial score (nSPS) is 20.8. The lowest BCUT2D eigenvalue weighted by molar-refractivity contribution is 0.164. The monoisotopic (exact) mass is 250 g/mol. The lowest BCUT2D eigenvalue weighted by atomic mass is 10.5. The standard InChI is InChI=1S/C10H26O3Si2/c1-7-9(11)15(6,10(12)8-2)13-14(3,4)5/h9-12H,7-8H2,1-6H3. The van der Waals surface area contributed by atoms with Crippen LogP contribution < -0.4 is 0 Å². The smallest absolute Gasteiger partial charge is 0.234 e. The number of aliphatic hydroxyl groups excluding tert-OH is 2. The highest BCUT2D eigenvalue weighted by Crippen LogP contribution is 2.24. The van der Waals surface area contributed by atoms with E-state index in [0.29, 0.717) is 12.8 Å². The largest absolute Gasteiger partial charge is 0.453 e. The minimum Gasteiger partial charge on any atom is -0.453 e. The Bertz CT molecular complexity index is 182. The molecule has 2 N–H and O–H groups in total. The van der Waals surface area contributed by atoms with E-state index in [1.165, 1.54) is 0 Å². The molecule has 0 saturated carbocycles. The van der Waals surface area contributed by atoms with Gasteiger partial charge < -0.3 is 14.3 Å². The molecule has 0 bridgehead atoms. The molecule has 0 spiro atoms. The fraction of sp³-hybridized carbons (Fsp3) is 1.00. The molecule has 0 aromatic carbocycles. The molecule has 0 aliphatic carbocycles. The van der Waals surface area contributed by atoms with Gasteiger partial charge in [-0.1, -0.05) is 13.8 Å². The summed E-state index contributed by atoms with van der Waals surface area (Å²) in [7, 11) is -4.13. The van der Waals surface area contributed by atoms with Gasteiger partial charge in [-0.25, -0.2) is 0 Å². The van der Waals surface area contributed by atoms with Gasteiger partial charge in [0.1, 0.15) is 0 Å². The molecule has 2 unspecified atom stereocenters. The first kappa shape index (κ1) is 15.3. The molecule has 0 aromatic rings. The van der Waals surface area contributed by atoms with Crippen molar-refractivity contribution < 1.29 is 14.3 Å². The highest BCUT2D eigenvalue weighted by Gasteiger charge is 2.45. The van der Waals surface area contributed by atoms with Gasteiger partial charge in [-0.15, -0.1) is 0 Å². The van der Waals surface area contributed by atoms with Gasteiger partial charge in [0, 0.05) is 0 Å². The first-order valence-corrected chi connectivity index (χ1v) is 11.7. The third-order valence-electron chi connectivity index (χ3n) is 2.62. The van der Waals surface area contributed by atoms with Gasteiger partial charge >= 0.3 is 0 Å². The number of hydrogen-bond acceptors (Lipinski definition) is 3. The third-order valence-corrected chi connectivity index (χ3v) is 10.3. The molecule has 15 heavy (non-hydrogen) atoms. The molecule has 5 heteroatoms. The Hall–Kier alpha value is 0.314. The highest BCUT2D eigenvalue weighted by atomic mass is 28.4. The van der Waals surface area contributed by atoms with E-state index in [2.05, 4.69) is 19.6 Å². The molecule has 0 heterocycles. The summed E-state index contributed by atoms with van der Waals surface area (Å²) in [5, 5.41) is 20.1. The van der Waals surface area contributed by atoms with Crippen LogP contribution in [0.4, 0.5) is 0 Å². The van der Waals surface area contributed by atoms with E-state index in [1.807, 2.05) is 20.4 Å². The predicted molar refractivity (Wildman–Crippen MR) is 68.6 cm³/mol. The Morgan fingerprint density at radius 3 is 1.47 bits per heavy atom. The second-order valence-corrected chi connectivity index (χ2v) is 14.0. The lowest BCUT2D eigenvalue weighted by Crippen LogP contribution is -2.61. The second-order valence-electron chi connectivity index (χ2n) is 5.25. The molecule has 0 aliphatic heterocycles. The van der Waals surface area contributed by atoms with Crippen LogP contribution in [0.1, 0.15) is 26.7 Å². The number of hydrogen-bond donors (Lipinski definition) is 2. The van der Waals surface area contributed by atoms with Crippen LogP contribution in [-0.2, 0) is 4.12 Å². The van der Waals surface area contributed by atoms with E-state index in [1.54, 1.807) is 0 Å². The fourth-order valence-corrected chi connectivity index (χ4v) is 10.3. The summed E-state index contributed by atoms with van der Waals surface area (Å²) in [5.74, 6) is 0. The quantitative estimate of drug-likeness (QED) is 0.709. The summed E-state index contributed by atoms with van der Waals surface area (Å²) in [5.41, 5.74) is -0.946. The Morgan fingerprint density at radius 1 is 0.933 bits per heavy atom. The van der Waals surface area contributed by atoms with Crippen LogP contribution in [0.3, 0.4) is 0 Å². The zero-order valence-corrected chi connectivity index (χ0v) is 12.9. The van der Waals surface area contributed by atoms with Crippen LogP contribution >= 0.6 is 0 Å². The Balaban J connectivity index is 4.86. The first-order chi connectivity index (χ1) is 6.67. The minimum atomic E-state index is -2.42. The summed E-state index contributed by atoms with van der Waals surface area (Å²) in [6.45, 7) is 12.1. The van der Waals surface area contributed by atoms with Crippen molar-refractivity contribution in [2.45, 2.75) is 64.3 Å². The molecule has 92 valence electrons. The molecule has 0 radical (unpaired) electrons. The van der Waals surface area contributed by atoms with E-state index < -0.39 is 28.1 Å². The van der Waals surface area contributed by atoms with Crippen molar-refractivity contribution in [2.75, 3.05) is 0 Å². The zero-order chi connectivity index (χ0) is 12.3. The average Bonchev–Trinajstić information content (AvgIpc) is 2.12. The lowest BCUT2D eigenvalue weighted by Gasteiger charge is -2.40. The van der Waals surface area contributed by atoms with Crippen molar-refractivity contribution in [1.82, 2.24) is 0 Å². The summed E-state index contributed by atoms with van der Waals surface area (Å²) in [6.07, 6.45) is 1.31. The first-order valence-electron chi connectivity index (χ1n) is 5.73. The highest BCUT2D eigenvalue weighted by molar-refractivity contribution is 6.86. The van der Waals surface area contributed by atoms with Gasteiger partial charge in [0.05, 0.1) is 11.5 Å². The Kier molecular flexibility index (Phi) is 5.70. The molecule has 0 aliphatic rings. The van der Waals surface area contributed by atoms with E-state index in [-0.39, 0.29) is 0 Å². The summed E-state index contributed by atoms with van der Waals surface area (Å²) >= 11 is 0. The minimum absolute atomic E-state index is 0.473. The summed E-state index contributed by atoms with van der Waals surface area (Å²) < 4.78 is 6.11. The molecule has 0 amide bonds. The van der Waals surface area contributed by atoms with Crippen molar-refractivity contribution in [3.05, 3.63) is 0 Å². The van der Waals surface area contributed by atoms with Crippen LogP contribution in [0, 0.1) is 0 Å². The fourth-order valence-electron chi connectivity index (χ4n) is 1.83. The van der Waals surface area contributed by atoms with Gasteiger partial charge in [-0.3, -0.25) is 0 Å². The van der Waals surface area contributed by atoms with E-state index in [4.69, 9.17) is 4.12 Å². The average molecular weight is 250 g/mol. The Morgan fingerprint density at radius 2 is 1.27 bits per heavy atom. The van der Waals surface area contributed by atoms with Crippen LogP contribution in [0.15, 0.2) is 0 Å². The summed E-state index contributed by atoms with van der Waals surface area (Å²) in [6, 6.07) is 0. The van der Waals surface area contributed by atoms with Gasteiger partial charge in [-0.2, -0.15) is 0 Å². The maximum atomic E-state index is 10.0. The molecule has 0 rings (SSSR count). The SMILES string of the molecule is CCC(O)[Si](C)(O[Si](C)(C)C)C(O)CC. The topological polar surface area (TPSA) is 49.7 Å². The van der Waals surface area contributed by atoms with Crippen molar-refractivity contribution in [2.24, 2.45) is 0 Å². The van der Waals surface area contributed by atoms with E-state index in [0.717, 1.165) is 0 Å². The number of aliphatic hydroxyl groups is 2. The van der Waals surface area contributed by atoms with Gasteiger partial charge in [-0.05, 0) is 39.0 Å². The molecular formula is C10H26O3Si2. The predicted octanol–water partition coefficient (Wildman–Crippen LogP) is 2.03. The van der Waals surface area contributed by atoms with E-state index in [9.17, 15) is 10.2 Å². The maximum Gasteiger partial charge on any atom is 0.234 e. The molecule has 0 fully saturated rings. The van der Waals surface area contributed by atoms with Crippen molar-refractivity contribution in [3.8, 4) is 0 Å². The zero-order valence-electron chi connectivity index (χ0n) is 10.9. The number of rotatable bonds is 6. The van der Waals surface area contributed by atoms with Crippen molar-refractivity contribution in [3.63, 3.8) is 0 Å². The molecule has 0 saturated heterocycles. The van der Waals surface area contributed by atoms with Crippen LogP contribution in [0.2, 0.25) is 26.2 Å². The van der Waals surface area contributed by atoms with Gasteiger partial charge in [0.15, 0.2) is 8.32 Å². The molecular weight excluding hydrogens is 224 g/mol. The third kappa shape index (κ3) is 4.36. The van der Waals surface area contributed by atoms with Crippen LogP contribution in [0.5, 0.6) is 0 Å². The van der Waals surface area contributed by atoms with Crippen molar-refractivity contribution >= 4 is 16.6 Å². The second kappa shape index (κ2) is 5.59. The molecule has 0 aromatic heterocycles. The molecule has 3 nitrogen and oxygen atoms in total.